The van der Waals surface area contributed by atoms with E-state index in [4.69, 9.17) is 0 Å². The second-order valence-corrected chi connectivity index (χ2v) is 6.34. The molecule has 4 nitrogen and oxygen atoms in total. The molecule has 0 spiro atoms. The first-order valence-electron chi connectivity index (χ1n) is 6.78. The van der Waals surface area contributed by atoms with E-state index in [1.165, 1.54) is 6.42 Å². The molecule has 1 saturated carbocycles. The fourth-order valence-electron chi connectivity index (χ4n) is 2.21. The number of Topliss-reactive ketones (excluding diaryl/α,β-unsaturated/α-hetero) is 1. The normalized spacial score (nSPS) is 18.3. The number of ketones is 1. The van der Waals surface area contributed by atoms with E-state index < -0.39 is 10.8 Å². The highest BCUT2D eigenvalue weighted by molar-refractivity contribution is 7.86. The maximum absolute atomic E-state index is 11.9. The van der Waals surface area contributed by atoms with Crippen LogP contribution in [0, 0.1) is 5.92 Å². The molecule has 0 aromatic carbocycles. The zero-order valence-electron chi connectivity index (χ0n) is 11.1. The van der Waals surface area contributed by atoms with Gasteiger partial charge in [0, 0.05) is 23.3 Å². The molecule has 0 radical (unpaired) electrons. The molecule has 1 unspecified atom stereocenters. The van der Waals surface area contributed by atoms with Crippen LogP contribution >= 0.6 is 0 Å². The van der Waals surface area contributed by atoms with E-state index in [0.717, 1.165) is 32.1 Å². The lowest BCUT2D eigenvalue weighted by atomic mass is 9.87. The fraction of sp³-hybridized carbons (Fsp3) is 0.846. The van der Waals surface area contributed by atoms with Gasteiger partial charge in [-0.25, -0.2) is 0 Å². The Morgan fingerprint density at radius 1 is 1.17 bits per heavy atom. The highest BCUT2D eigenvalue weighted by Gasteiger charge is 2.23. The molecule has 1 aliphatic rings. The molecule has 5 heteroatoms. The van der Waals surface area contributed by atoms with Crippen LogP contribution in [0.25, 0.3) is 0 Å². The Morgan fingerprint density at radius 3 is 2.44 bits per heavy atom. The van der Waals surface area contributed by atoms with E-state index in [1.807, 2.05) is 6.92 Å². The van der Waals surface area contributed by atoms with Crippen molar-refractivity contribution >= 4 is 22.5 Å². The first-order chi connectivity index (χ1) is 8.63. The Kier molecular flexibility index (Phi) is 7.16. The van der Waals surface area contributed by atoms with Crippen molar-refractivity contribution < 1.29 is 13.8 Å². The molecule has 0 aliphatic heterocycles. The van der Waals surface area contributed by atoms with Crippen molar-refractivity contribution in [1.29, 1.82) is 0 Å². The van der Waals surface area contributed by atoms with Crippen LogP contribution in [0.2, 0.25) is 0 Å². The average molecular weight is 273 g/mol. The molecule has 1 fully saturated rings. The van der Waals surface area contributed by atoms with Crippen LogP contribution in [0.15, 0.2) is 0 Å². The van der Waals surface area contributed by atoms with Crippen LogP contribution in [0.5, 0.6) is 0 Å². The van der Waals surface area contributed by atoms with Crippen LogP contribution in [-0.2, 0) is 20.4 Å². The lowest BCUT2D eigenvalue weighted by molar-refractivity contribution is -0.121. The topological polar surface area (TPSA) is 63.2 Å². The summed E-state index contributed by atoms with van der Waals surface area (Å²) in [5.74, 6) is -0.0489. The largest absolute Gasteiger partial charge is 0.355 e. The highest BCUT2D eigenvalue weighted by Crippen LogP contribution is 2.24. The number of rotatable bonds is 7. The van der Waals surface area contributed by atoms with Gasteiger partial charge in [-0.2, -0.15) is 0 Å². The van der Waals surface area contributed by atoms with Gasteiger partial charge in [-0.15, -0.1) is 0 Å². The minimum Gasteiger partial charge on any atom is -0.355 e. The molecule has 0 heterocycles. The van der Waals surface area contributed by atoms with Gasteiger partial charge >= 0.3 is 0 Å². The third-order valence-corrected chi connectivity index (χ3v) is 4.42. The number of hydrogen-bond donors (Lipinski definition) is 1. The summed E-state index contributed by atoms with van der Waals surface area (Å²) in [5.41, 5.74) is 0. The molecule has 1 amide bonds. The van der Waals surface area contributed by atoms with E-state index in [2.05, 4.69) is 5.32 Å². The first kappa shape index (κ1) is 15.3. The Bertz CT molecular complexity index is 311. The van der Waals surface area contributed by atoms with Gasteiger partial charge in [-0.05, 0) is 19.3 Å². The zero-order chi connectivity index (χ0) is 13.4. The van der Waals surface area contributed by atoms with Gasteiger partial charge in [-0.1, -0.05) is 26.2 Å². The Balaban J connectivity index is 2.26. The first-order valence-corrected chi connectivity index (χ1v) is 8.26. The van der Waals surface area contributed by atoms with Crippen LogP contribution in [-0.4, -0.2) is 33.9 Å². The summed E-state index contributed by atoms with van der Waals surface area (Å²) in [4.78, 5) is 23.2. The monoisotopic (exact) mass is 273 g/mol. The Hall–Kier alpha value is -0.710. The minimum atomic E-state index is -1.35. The van der Waals surface area contributed by atoms with Crippen molar-refractivity contribution in [2.24, 2.45) is 5.92 Å². The van der Waals surface area contributed by atoms with Gasteiger partial charge in [0.15, 0.2) is 0 Å². The van der Waals surface area contributed by atoms with Crippen molar-refractivity contribution in [2.75, 3.05) is 18.1 Å². The Labute approximate surface area is 111 Å². The highest BCUT2D eigenvalue weighted by atomic mass is 32.2. The maximum atomic E-state index is 11.9. The molecule has 0 aromatic heterocycles. The van der Waals surface area contributed by atoms with Gasteiger partial charge in [0.05, 0.1) is 5.75 Å². The van der Waals surface area contributed by atoms with Crippen molar-refractivity contribution in [3.63, 3.8) is 0 Å². The van der Waals surface area contributed by atoms with Gasteiger partial charge < -0.3 is 5.32 Å². The number of hydrogen-bond acceptors (Lipinski definition) is 3. The third-order valence-electron chi connectivity index (χ3n) is 3.23. The quantitative estimate of drug-likeness (QED) is 0.763. The summed E-state index contributed by atoms with van der Waals surface area (Å²) in [6.45, 7) is 2.57. The third kappa shape index (κ3) is 5.76. The van der Waals surface area contributed by atoms with E-state index in [-0.39, 0.29) is 29.1 Å². The predicted octanol–water partition coefficient (Wildman–Crippen LogP) is 1.41. The van der Waals surface area contributed by atoms with E-state index in [9.17, 15) is 13.8 Å². The molecule has 0 saturated heterocycles. The van der Waals surface area contributed by atoms with Crippen molar-refractivity contribution in [1.82, 2.24) is 5.32 Å². The zero-order valence-corrected chi connectivity index (χ0v) is 11.9. The molecule has 1 atom stereocenters. The number of carbonyl (C=O) groups is 2. The standard InChI is InChI=1S/C13H23NO3S/c1-2-8-14-13(16)10-18(17)9-12(15)11-6-4-3-5-7-11/h11H,2-10H2,1H3,(H,14,16). The van der Waals surface area contributed by atoms with Crippen LogP contribution in [0.4, 0.5) is 0 Å². The van der Waals surface area contributed by atoms with Crippen LogP contribution in [0.1, 0.15) is 45.4 Å². The summed E-state index contributed by atoms with van der Waals surface area (Å²) in [5, 5.41) is 2.67. The van der Waals surface area contributed by atoms with Gasteiger partial charge in [0.25, 0.3) is 0 Å². The van der Waals surface area contributed by atoms with Crippen molar-refractivity contribution in [3.05, 3.63) is 0 Å². The molecule has 1 rings (SSSR count). The molecular formula is C13H23NO3S. The predicted molar refractivity (Wildman–Crippen MR) is 72.8 cm³/mol. The molecule has 0 aromatic rings. The Morgan fingerprint density at radius 2 is 1.83 bits per heavy atom. The van der Waals surface area contributed by atoms with Crippen molar-refractivity contribution in [3.8, 4) is 0 Å². The van der Waals surface area contributed by atoms with Crippen molar-refractivity contribution in [2.45, 2.75) is 45.4 Å². The van der Waals surface area contributed by atoms with E-state index in [0.29, 0.717) is 6.54 Å². The fourth-order valence-corrected chi connectivity index (χ4v) is 3.26. The second kappa shape index (κ2) is 8.40. The lowest BCUT2D eigenvalue weighted by Crippen LogP contribution is -2.32. The maximum Gasteiger partial charge on any atom is 0.232 e. The summed E-state index contributed by atoms with van der Waals surface area (Å²) >= 11 is 0. The summed E-state index contributed by atoms with van der Waals surface area (Å²) in [6.07, 6.45) is 6.11. The summed E-state index contributed by atoms with van der Waals surface area (Å²) < 4.78 is 11.7. The summed E-state index contributed by atoms with van der Waals surface area (Å²) in [7, 11) is -1.35. The van der Waals surface area contributed by atoms with Gasteiger partial charge in [0.2, 0.25) is 5.91 Å². The van der Waals surface area contributed by atoms with E-state index in [1.54, 1.807) is 0 Å². The van der Waals surface area contributed by atoms with Crippen LogP contribution in [0.3, 0.4) is 0 Å². The number of amides is 1. The average Bonchev–Trinajstić information content (AvgIpc) is 2.37. The number of carbonyl (C=O) groups excluding carboxylic acids is 2. The number of nitrogens with one attached hydrogen (secondary N) is 1. The molecular weight excluding hydrogens is 250 g/mol. The smallest absolute Gasteiger partial charge is 0.232 e. The van der Waals surface area contributed by atoms with Gasteiger partial charge in [-0.3, -0.25) is 13.8 Å². The molecule has 1 N–H and O–H groups in total. The second-order valence-electron chi connectivity index (χ2n) is 4.88. The molecule has 0 bridgehead atoms. The lowest BCUT2D eigenvalue weighted by Gasteiger charge is -2.19. The molecule has 1 aliphatic carbocycles. The van der Waals surface area contributed by atoms with Gasteiger partial charge in [0.1, 0.15) is 11.5 Å². The molecule has 18 heavy (non-hydrogen) atoms. The molecule has 104 valence electrons. The minimum absolute atomic E-state index is 0.0432. The van der Waals surface area contributed by atoms with E-state index >= 15 is 0 Å². The summed E-state index contributed by atoms with van der Waals surface area (Å²) in [6, 6.07) is 0. The SMILES string of the molecule is CCCNC(=O)CS(=O)CC(=O)C1CCCCC1. The van der Waals surface area contributed by atoms with Crippen LogP contribution < -0.4 is 5.32 Å².